The van der Waals surface area contributed by atoms with E-state index in [9.17, 15) is 16.8 Å². The smallest absolute Gasteiger partial charge is 0.224 e. The van der Waals surface area contributed by atoms with E-state index in [2.05, 4.69) is 4.72 Å². The third-order valence-corrected chi connectivity index (χ3v) is 6.09. The zero-order valence-electron chi connectivity index (χ0n) is 12.9. The minimum Gasteiger partial charge on any atom is -0.224 e. The zero-order chi connectivity index (χ0) is 17.1. The summed E-state index contributed by atoms with van der Waals surface area (Å²) in [5, 5.41) is 0. The Kier molecular flexibility index (Phi) is 5.23. The molecule has 124 valence electrons. The second kappa shape index (κ2) is 6.82. The SMILES string of the molecule is CC[C@H](NS(=O)(=O)c1ccccc1)c1ccc(S(C)(=O)=O)cc1. The summed E-state index contributed by atoms with van der Waals surface area (Å²) in [6, 6.07) is 14.0. The van der Waals surface area contributed by atoms with Gasteiger partial charge in [-0.15, -0.1) is 0 Å². The first-order valence-corrected chi connectivity index (χ1v) is 10.5. The first-order chi connectivity index (χ1) is 10.7. The van der Waals surface area contributed by atoms with Crippen LogP contribution in [0.4, 0.5) is 0 Å². The number of benzene rings is 2. The van der Waals surface area contributed by atoms with Crippen molar-refractivity contribution in [2.45, 2.75) is 29.2 Å². The van der Waals surface area contributed by atoms with Gasteiger partial charge in [0.25, 0.3) is 0 Å². The van der Waals surface area contributed by atoms with Crippen LogP contribution in [0.15, 0.2) is 64.4 Å². The van der Waals surface area contributed by atoms with Gasteiger partial charge >= 0.3 is 0 Å². The fourth-order valence-electron chi connectivity index (χ4n) is 2.19. The highest BCUT2D eigenvalue weighted by atomic mass is 32.2. The van der Waals surface area contributed by atoms with Gasteiger partial charge in [-0.25, -0.2) is 21.6 Å². The maximum absolute atomic E-state index is 12.4. The summed E-state index contributed by atoms with van der Waals surface area (Å²) in [7, 11) is -6.90. The maximum atomic E-state index is 12.4. The van der Waals surface area contributed by atoms with Crippen molar-refractivity contribution in [2.24, 2.45) is 0 Å². The molecular formula is C16H19NO4S2. The largest absolute Gasteiger partial charge is 0.241 e. The Hall–Kier alpha value is -1.70. The Morgan fingerprint density at radius 1 is 0.870 bits per heavy atom. The number of sulfone groups is 1. The lowest BCUT2D eigenvalue weighted by atomic mass is 10.1. The average molecular weight is 353 g/mol. The Labute approximate surface area is 137 Å². The summed E-state index contributed by atoms with van der Waals surface area (Å²) in [4.78, 5) is 0.410. The predicted octanol–water partition coefficient (Wildman–Crippen LogP) is 2.52. The molecule has 2 aromatic carbocycles. The molecule has 0 heterocycles. The molecule has 0 radical (unpaired) electrons. The molecule has 0 aliphatic carbocycles. The van der Waals surface area contributed by atoms with Crippen LogP contribution >= 0.6 is 0 Å². The first-order valence-electron chi connectivity index (χ1n) is 7.11. The summed E-state index contributed by atoms with van der Waals surface area (Å²) < 4.78 is 50.4. The van der Waals surface area contributed by atoms with Gasteiger partial charge in [0.1, 0.15) is 0 Å². The number of hydrogen-bond donors (Lipinski definition) is 1. The fourth-order valence-corrected chi connectivity index (χ4v) is 4.15. The van der Waals surface area contributed by atoms with Crippen molar-refractivity contribution >= 4 is 19.9 Å². The molecule has 1 N–H and O–H groups in total. The highest BCUT2D eigenvalue weighted by Gasteiger charge is 2.20. The zero-order valence-corrected chi connectivity index (χ0v) is 14.6. The molecule has 2 rings (SSSR count). The van der Waals surface area contributed by atoms with Crippen molar-refractivity contribution < 1.29 is 16.8 Å². The number of hydrogen-bond acceptors (Lipinski definition) is 4. The van der Waals surface area contributed by atoms with Crippen LogP contribution in [0.2, 0.25) is 0 Å². The normalized spacial score (nSPS) is 13.7. The van der Waals surface area contributed by atoms with E-state index in [1.807, 2.05) is 6.92 Å². The summed E-state index contributed by atoms with van der Waals surface area (Å²) >= 11 is 0. The molecule has 7 heteroatoms. The summed E-state index contributed by atoms with van der Waals surface area (Å²) in [5.41, 5.74) is 0.722. The fraction of sp³-hybridized carbons (Fsp3) is 0.250. The van der Waals surface area contributed by atoms with Gasteiger partial charge in [0.05, 0.1) is 9.79 Å². The van der Waals surface area contributed by atoms with E-state index < -0.39 is 25.9 Å². The molecule has 0 aromatic heterocycles. The topological polar surface area (TPSA) is 80.3 Å². The maximum Gasteiger partial charge on any atom is 0.241 e. The monoisotopic (exact) mass is 353 g/mol. The van der Waals surface area contributed by atoms with Gasteiger partial charge < -0.3 is 0 Å². The molecule has 23 heavy (non-hydrogen) atoms. The van der Waals surface area contributed by atoms with Crippen molar-refractivity contribution in [1.82, 2.24) is 4.72 Å². The van der Waals surface area contributed by atoms with E-state index in [0.29, 0.717) is 6.42 Å². The Morgan fingerprint density at radius 3 is 1.91 bits per heavy atom. The van der Waals surface area contributed by atoms with Crippen molar-refractivity contribution in [3.8, 4) is 0 Å². The Morgan fingerprint density at radius 2 is 1.43 bits per heavy atom. The van der Waals surface area contributed by atoms with E-state index in [-0.39, 0.29) is 9.79 Å². The third-order valence-electron chi connectivity index (χ3n) is 3.47. The summed E-state index contributed by atoms with van der Waals surface area (Å²) in [6.45, 7) is 1.86. The van der Waals surface area contributed by atoms with Crippen molar-refractivity contribution in [2.75, 3.05) is 6.26 Å². The van der Waals surface area contributed by atoms with Crippen molar-refractivity contribution in [3.05, 3.63) is 60.2 Å². The number of rotatable bonds is 6. The summed E-state index contributed by atoms with van der Waals surface area (Å²) in [6.07, 6.45) is 1.68. The van der Waals surface area contributed by atoms with Gasteiger partial charge in [-0.05, 0) is 36.2 Å². The van der Waals surface area contributed by atoms with Crippen LogP contribution in [0.1, 0.15) is 24.9 Å². The Bertz CT molecular complexity index is 858. The highest BCUT2D eigenvalue weighted by molar-refractivity contribution is 7.90. The van der Waals surface area contributed by atoms with E-state index in [4.69, 9.17) is 0 Å². The second-order valence-corrected chi connectivity index (χ2v) is 8.97. The van der Waals surface area contributed by atoms with Gasteiger partial charge in [-0.2, -0.15) is 0 Å². The van der Waals surface area contributed by atoms with Gasteiger partial charge in [0, 0.05) is 12.3 Å². The van der Waals surface area contributed by atoms with Crippen LogP contribution in [0, 0.1) is 0 Å². The van der Waals surface area contributed by atoms with E-state index in [1.54, 1.807) is 30.3 Å². The van der Waals surface area contributed by atoms with Crippen LogP contribution in [0.25, 0.3) is 0 Å². The quantitative estimate of drug-likeness (QED) is 0.865. The molecule has 0 bridgehead atoms. The molecule has 0 spiro atoms. The van der Waals surface area contributed by atoms with E-state index in [0.717, 1.165) is 11.8 Å². The van der Waals surface area contributed by atoms with E-state index in [1.165, 1.54) is 24.3 Å². The lowest BCUT2D eigenvalue weighted by Gasteiger charge is -2.18. The lowest BCUT2D eigenvalue weighted by molar-refractivity contribution is 0.549. The Balaban J connectivity index is 2.27. The van der Waals surface area contributed by atoms with Crippen LogP contribution in [-0.4, -0.2) is 23.1 Å². The first kappa shape index (κ1) is 17.7. The van der Waals surface area contributed by atoms with E-state index >= 15 is 0 Å². The van der Waals surface area contributed by atoms with Crippen LogP contribution in [0.3, 0.4) is 0 Å². The molecule has 2 aromatic rings. The highest BCUT2D eigenvalue weighted by Crippen LogP contribution is 2.21. The number of sulfonamides is 1. The summed E-state index contributed by atoms with van der Waals surface area (Å²) in [5.74, 6) is 0. The van der Waals surface area contributed by atoms with Crippen LogP contribution in [0.5, 0.6) is 0 Å². The average Bonchev–Trinajstić information content (AvgIpc) is 2.53. The standard InChI is InChI=1S/C16H19NO4S2/c1-3-16(13-9-11-14(12-10-13)22(2,18)19)17-23(20,21)15-7-5-4-6-8-15/h4-12,16-17H,3H2,1-2H3/t16-/m0/s1. The molecule has 0 unspecified atom stereocenters. The minimum atomic E-state index is -3.63. The van der Waals surface area contributed by atoms with Gasteiger partial charge in [0.2, 0.25) is 10.0 Å². The molecule has 0 aliphatic heterocycles. The van der Waals surface area contributed by atoms with Gasteiger partial charge in [-0.1, -0.05) is 37.3 Å². The molecule has 0 amide bonds. The predicted molar refractivity (Wildman–Crippen MR) is 89.3 cm³/mol. The molecule has 1 atom stereocenters. The molecular weight excluding hydrogens is 334 g/mol. The van der Waals surface area contributed by atoms with Crippen molar-refractivity contribution in [3.63, 3.8) is 0 Å². The van der Waals surface area contributed by atoms with Crippen LogP contribution < -0.4 is 4.72 Å². The van der Waals surface area contributed by atoms with Crippen LogP contribution in [-0.2, 0) is 19.9 Å². The molecule has 0 aliphatic rings. The molecule has 0 fully saturated rings. The molecule has 5 nitrogen and oxygen atoms in total. The lowest BCUT2D eigenvalue weighted by Crippen LogP contribution is -2.28. The van der Waals surface area contributed by atoms with Gasteiger partial charge in [-0.3, -0.25) is 0 Å². The minimum absolute atomic E-state index is 0.200. The number of nitrogens with one attached hydrogen (secondary N) is 1. The molecule has 0 saturated heterocycles. The van der Waals surface area contributed by atoms with Crippen molar-refractivity contribution in [1.29, 1.82) is 0 Å². The second-order valence-electron chi connectivity index (χ2n) is 5.24. The van der Waals surface area contributed by atoms with Gasteiger partial charge in [0.15, 0.2) is 9.84 Å². The third kappa shape index (κ3) is 4.40. The molecule has 0 saturated carbocycles.